The van der Waals surface area contributed by atoms with E-state index in [2.05, 4.69) is 5.32 Å². The van der Waals surface area contributed by atoms with E-state index in [4.69, 9.17) is 21.3 Å². The van der Waals surface area contributed by atoms with Gasteiger partial charge in [-0.1, -0.05) is 17.7 Å². The lowest BCUT2D eigenvalue weighted by Gasteiger charge is -2.18. The summed E-state index contributed by atoms with van der Waals surface area (Å²) in [7, 11) is 1.43. The van der Waals surface area contributed by atoms with Crippen LogP contribution >= 0.6 is 11.6 Å². The number of aryl methyl sites for hydroxylation is 1. The Hall–Kier alpha value is -3.19. The highest BCUT2D eigenvalue weighted by molar-refractivity contribution is 6.36. The van der Waals surface area contributed by atoms with E-state index in [1.807, 2.05) is 0 Å². The van der Waals surface area contributed by atoms with Crippen LogP contribution in [0.25, 0.3) is 10.9 Å². The maximum absolute atomic E-state index is 12.8. The summed E-state index contributed by atoms with van der Waals surface area (Å²) in [6.45, 7) is 0. The lowest BCUT2D eigenvalue weighted by molar-refractivity contribution is -0.384. The van der Waals surface area contributed by atoms with Crippen LogP contribution in [0.5, 0.6) is 5.75 Å². The molecule has 0 atom stereocenters. The number of nitro groups is 1. The van der Waals surface area contributed by atoms with Gasteiger partial charge in [-0.25, -0.2) is 0 Å². The number of hydrogen-bond acceptors (Lipinski definition) is 5. The van der Waals surface area contributed by atoms with Gasteiger partial charge < -0.3 is 10.1 Å². The summed E-state index contributed by atoms with van der Waals surface area (Å²) < 4.78 is 5.20. The first-order chi connectivity index (χ1) is 14.0. The standard InChI is InChI=1S/C21H18ClN3O4/c1-29-19-9-7-13(25(27)28)11-18(19)24-21(26)12-6-8-15-17(10-12)23-16-5-3-2-4-14(16)20(15)22/h6-11H,2-5H2,1H3,(H,24,26). The Morgan fingerprint density at radius 3 is 2.76 bits per heavy atom. The van der Waals surface area contributed by atoms with Gasteiger partial charge in [0.25, 0.3) is 11.6 Å². The Morgan fingerprint density at radius 1 is 1.21 bits per heavy atom. The van der Waals surface area contributed by atoms with Crippen LogP contribution in [0.3, 0.4) is 0 Å². The van der Waals surface area contributed by atoms with Gasteiger partial charge in [0.1, 0.15) is 5.75 Å². The Labute approximate surface area is 171 Å². The van der Waals surface area contributed by atoms with Crippen molar-refractivity contribution in [2.75, 3.05) is 12.4 Å². The molecule has 0 aliphatic heterocycles. The van der Waals surface area contributed by atoms with Crippen LogP contribution in [0.2, 0.25) is 5.02 Å². The number of hydrogen-bond donors (Lipinski definition) is 1. The van der Waals surface area contributed by atoms with Crippen molar-refractivity contribution < 1.29 is 14.5 Å². The minimum atomic E-state index is -0.528. The molecule has 1 amide bonds. The molecule has 2 aromatic carbocycles. The summed E-state index contributed by atoms with van der Waals surface area (Å²) in [5.74, 6) is -0.0821. The van der Waals surface area contributed by atoms with E-state index in [0.717, 1.165) is 42.3 Å². The third-order valence-corrected chi connectivity index (χ3v) is 5.53. The molecule has 3 aromatic rings. The molecule has 4 rings (SSSR count). The molecule has 7 nitrogen and oxygen atoms in total. The Bertz CT molecular complexity index is 1150. The number of rotatable bonds is 4. The first-order valence-corrected chi connectivity index (χ1v) is 9.60. The van der Waals surface area contributed by atoms with Crippen molar-refractivity contribution in [1.29, 1.82) is 0 Å². The predicted octanol–water partition coefficient (Wildman–Crippen LogP) is 4.94. The van der Waals surface area contributed by atoms with E-state index in [0.29, 0.717) is 21.9 Å². The van der Waals surface area contributed by atoms with Crippen LogP contribution in [-0.2, 0) is 12.8 Å². The number of methoxy groups -OCH3 is 1. The fourth-order valence-corrected chi connectivity index (χ4v) is 3.97. The van der Waals surface area contributed by atoms with Crippen molar-refractivity contribution >= 4 is 39.8 Å². The average Bonchev–Trinajstić information content (AvgIpc) is 2.73. The second kappa shape index (κ2) is 7.67. The first kappa shape index (κ1) is 19.1. The molecule has 1 aliphatic carbocycles. The molecule has 0 spiro atoms. The fourth-order valence-electron chi connectivity index (χ4n) is 3.61. The lowest BCUT2D eigenvalue weighted by atomic mass is 9.94. The summed E-state index contributed by atoms with van der Waals surface area (Å²) in [4.78, 5) is 28.0. The van der Waals surface area contributed by atoms with Crippen molar-refractivity contribution in [3.05, 3.63) is 68.4 Å². The van der Waals surface area contributed by atoms with Crippen LogP contribution < -0.4 is 10.1 Å². The Morgan fingerprint density at radius 2 is 2.00 bits per heavy atom. The number of carbonyl (C=O) groups is 1. The van der Waals surface area contributed by atoms with Crippen molar-refractivity contribution in [1.82, 2.24) is 4.98 Å². The minimum Gasteiger partial charge on any atom is -0.495 e. The molecule has 29 heavy (non-hydrogen) atoms. The Balaban J connectivity index is 1.69. The van der Waals surface area contributed by atoms with E-state index in [9.17, 15) is 14.9 Å². The second-order valence-corrected chi connectivity index (χ2v) is 7.26. The number of nitrogens with one attached hydrogen (secondary N) is 1. The van der Waals surface area contributed by atoms with Crippen LogP contribution in [0.1, 0.15) is 34.5 Å². The highest BCUT2D eigenvalue weighted by atomic mass is 35.5. The molecule has 1 aliphatic rings. The molecule has 1 aromatic heterocycles. The zero-order valence-electron chi connectivity index (χ0n) is 15.7. The maximum Gasteiger partial charge on any atom is 0.271 e. The molecular formula is C21H18ClN3O4. The fraction of sp³-hybridized carbons (Fsp3) is 0.238. The van der Waals surface area contributed by atoms with Gasteiger partial charge in [0.2, 0.25) is 0 Å². The summed E-state index contributed by atoms with van der Waals surface area (Å²) in [6.07, 6.45) is 3.98. The smallest absolute Gasteiger partial charge is 0.271 e. The Kier molecular flexibility index (Phi) is 5.07. The van der Waals surface area contributed by atoms with Gasteiger partial charge >= 0.3 is 0 Å². The number of aromatic nitrogens is 1. The largest absolute Gasteiger partial charge is 0.495 e. The minimum absolute atomic E-state index is 0.139. The van der Waals surface area contributed by atoms with Gasteiger partial charge in [-0.05, 0) is 49.4 Å². The number of pyridine rings is 1. The maximum atomic E-state index is 12.8. The first-order valence-electron chi connectivity index (χ1n) is 9.22. The van der Waals surface area contributed by atoms with Gasteiger partial charge in [0.15, 0.2) is 0 Å². The highest BCUT2D eigenvalue weighted by Crippen LogP contribution is 2.34. The average molecular weight is 412 g/mol. The molecule has 0 bridgehead atoms. The second-order valence-electron chi connectivity index (χ2n) is 6.89. The van der Waals surface area contributed by atoms with Crippen molar-refractivity contribution in [3.8, 4) is 5.75 Å². The summed E-state index contributed by atoms with van der Waals surface area (Å²) in [5, 5.41) is 15.2. The molecule has 0 fully saturated rings. The zero-order valence-corrected chi connectivity index (χ0v) is 16.5. The molecule has 8 heteroatoms. The van der Waals surface area contributed by atoms with Crippen molar-refractivity contribution in [2.45, 2.75) is 25.7 Å². The summed E-state index contributed by atoms with van der Waals surface area (Å²) in [5.41, 5.74) is 3.22. The number of non-ortho nitro benzene ring substituents is 1. The summed E-state index contributed by atoms with van der Waals surface area (Å²) >= 11 is 6.59. The van der Waals surface area contributed by atoms with E-state index in [1.165, 1.54) is 25.3 Å². The number of halogens is 1. The molecule has 0 saturated carbocycles. The third kappa shape index (κ3) is 3.61. The van der Waals surface area contributed by atoms with Crippen molar-refractivity contribution in [3.63, 3.8) is 0 Å². The predicted molar refractivity (Wildman–Crippen MR) is 111 cm³/mol. The molecule has 1 N–H and O–H groups in total. The third-order valence-electron chi connectivity index (χ3n) is 5.10. The zero-order chi connectivity index (χ0) is 20.5. The monoisotopic (exact) mass is 411 g/mol. The number of fused-ring (bicyclic) bond motifs is 2. The molecule has 0 unspecified atom stereocenters. The van der Waals surface area contributed by atoms with Crippen LogP contribution in [0.15, 0.2) is 36.4 Å². The van der Waals surface area contributed by atoms with Crippen LogP contribution in [-0.4, -0.2) is 22.9 Å². The van der Waals surface area contributed by atoms with Gasteiger partial charge in [-0.15, -0.1) is 0 Å². The highest BCUT2D eigenvalue weighted by Gasteiger charge is 2.19. The van der Waals surface area contributed by atoms with E-state index >= 15 is 0 Å². The van der Waals surface area contributed by atoms with Crippen LogP contribution in [0.4, 0.5) is 11.4 Å². The number of nitrogens with zero attached hydrogens (tertiary/aromatic N) is 2. The number of carbonyl (C=O) groups excluding carboxylic acids is 1. The molecular weight excluding hydrogens is 394 g/mol. The quantitative estimate of drug-likeness (QED) is 0.485. The lowest BCUT2D eigenvalue weighted by Crippen LogP contribution is -2.13. The number of amides is 1. The van der Waals surface area contributed by atoms with Gasteiger partial charge in [-0.3, -0.25) is 19.9 Å². The van der Waals surface area contributed by atoms with Crippen LogP contribution in [0, 0.1) is 10.1 Å². The topological polar surface area (TPSA) is 94.4 Å². The number of ether oxygens (including phenoxy) is 1. The van der Waals surface area contributed by atoms with E-state index < -0.39 is 10.8 Å². The van der Waals surface area contributed by atoms with Crippen molar-refractivity contribution in [2.24, 2.45) is 0 Å². The number of nitro benzene ring substituents is 1. The summed E-state index contributed by atoms with van der Waals surface area (Å²) in [6, 6.07) is 9.18. The number of anilines is 1. The van der Waals surface area contributed by atoms with Gasteiger partial charge in [0, 0.05) is 28.8 Å². The molecule has 148 valence electrons. The van der Waals surface area contributed by atoms with E-state index in [-0.39, 0.29) is 11.4 Å². The number of benzene rings is 2. The van der Waals surface area contributed by atoms with Gasteiger partial charge in [-0.2, -0.15) is 0 Å². The normalized spacial score (nSPS) is 13.0. The SMILES string of the molecule is COc1ccc([N+](=O)[O-])cc1NC(=O)c1ccc2c(Cl)c3c(nc2c1)CCCC3. The molecule has 1 heterocycles. The molecule has 0 radical (unpaired) electrons. The van der Waals surface area contributed by atoms with Gasteiger partial charge in [0.05, 0.1) is 28.3 Å². The molecule has 0 saturated heterocycles. The van der Waals surface area contributed by atoms with E-state index in [1.54, 1.807) is 18.2 Å².